The van der Waals surface area contributed by atoms with Crippen LogP contribution >= 0.6 is 0 Å². The molecule has 27 heavy (non-hydrogen) atoms. The first-order valence-corrected chi connectivity index (χ1v) is 20.0. The van der Waals surface area contributed by atoms with Gasteiger partial charge in [0.1, 0.15) is 0 Å². The maximum absolute atomic E-state index is 12.7. The van der Waals surface area contributed by atoms with Gasteiger partial charge in [0.2, 0.25) is 0 Å². The number of unbranched alkanes of at least 4 members (excludes halogenated alkanes) is 3. The molecule has 1 saturated heterocycles. The van der Waals surface area contributed by atoms with Crippen LogP contribution in [0.15, 0.2) is 11.1 Å². The molecule has 0 aromatic rings. The Morgan fingerprint density at radius 2 is 1.26 bits per heavy atom. The molecule has 0 aliphatic carbocycles. The Morgan fingerprint density at radius 1 is 0.778 bits per heavy atom. The Labute approximate surface area is 174 Å². The summed E-state index contributed by atoms with van der Waals surface area (Å²) in [5, 5.41) is 0. The summed E-state index contributed by atoms with van der Waals surface area (Å²) in [5.41, 5.74) is 2.97. The topological polar surface area (TPSA) is 20.3 Å². The molecule has 1 heterocycles. The predicted octanol–water partition coefficient (Wildman–Crippen LogP) is 7.57. The summed E-state index contributed by atoms with van der Waals surface area (Å²) in [4.78, 5) is 14.8. The number of hydrogen-bond acceptors (Lipinski definition) is 1. The number of hydrogen-bond donors (Lipinski definition) is 0. The van der Waals surface area contributed by atoms with Crippen molar-refractivity contribution in [3.8, 4) is 0 Å². The fraction of sp³-hybridized carbons (Fsp3) is 0.875. The Balaban J connectivity index is 2.83. The van der Waals surface area contributed by atoms with E-state index in [4.69, 9.17) is 0 Å². The molecule has 1 rings (SSSR count). The Kier molecular flexibility index (Phi) is 13.0. The average molecular weight is 484 g/mol. The number of amides is 1. The molecule has 1 aliphatic rings. The zero-order valence-electron chi connectivity index (χ0n) is 19.2. The van der Waals surface area contributed by atoms with Crippen LogP contribution in [-0.2, 0) is 4.79 Å². The molecule has 0 radical (unpaired) electrons. The van der Waals surface area contributed by atoms with E-state index < -0.39 is 18.4 Å². The molecule has 158 valence electrons. The summed E-state index contributed by atoms with van der Waals surface area (Å²) in [6.45, 7) is 13.6. The van der Waals surface area contributed by atoms with Crippen LogP contribution in [0.1, 0.15) is 98.8 Å². The van der Waals surface area contributed by atoms with Gasteiger partial charge >= 0.3 is 175 Å². The Morgan fingerprint density at radius 3 is 1.70 bits per heavy atom. The third-order valence-corrected chi connectivity index (χ3v) is 22.4. The van der Waals surface area contributed by atoms with Gasteiger partial charge in [0.15, 0.2) is 0 Å². The molecule has 3 heteroatoms. The molecular formula is C24H47NOSn. The van der Waals surface area contributed by atoms with Gasteiger partial charge in [0.05, 0.1) is 0 Å². The van der Waals surface area contributed by atoms with Crippen molar-refractivity contribution >= 4 is 24.3 Å². The predicted molar refractivity (Wildman–Crippen MR) is 123 cm³/mol. The summed E-state index contributed by atoms with van der Waals surface area (Å²) in [5.74, 6) is 0.378. The zero-order chi connectivity index (χ0) is 20.1. The number of allylic oxidation sites excluding steroid dienone is 1. The first-order chi connectivity index (χ1) is 13.0. The molecule has 2 nitrogen and oxygen atoms in total. The fourth-order valence-corrected chi connectivity index (χ4v) is 21.8. The minimum absolute atomic E-state index is 0.378. The van der Waals surface area contributed by atoms with Crippen LogP contribution in [-0.4, -0.2) is 42.3 Å². The van der Waals surface area contributed by atoms with Gasteiger partial charge in [0, 0.05) is 0 Å². The number of nitrogens with zero attached hydrogens (tertiary/aromatic N) is 1. The van der Waals surface area contributed by atoms with Crippen molar-refractivity contribution in [2.45, 2.75) is 117 Å². The molecule has 0 aromatic heterocycles. The van der Waals surface area contributed by atoms with Crippen molar-refractivity contribution in [3.63, 3.8) is 0 Å². The first-order valence-electron chi connectivity index (χ1n) is 11.9. The van der Waals surface area contributed by atoms with Crippen molar-refractivity contribution in [1.82, 2.24) is 4.90 Å². The molecule has 0 N–H and O–H groups in total. The number of carbonyl (C=O) groups excluding carboxylic acids is 1. The van der Waals surface area contributed by atoms with Gasteiger partial charge < -0.3 is 0 Å². The van der Waals surface area contributed by atoms with Gasteiger partial charge in [0.25, 0.3) is 0 Å². The van der Waals surface area contributed by atoms with Crippen molar-refractivity contribution in [2.24, 2.45) is 0 Å². The van der Waals surface area contributed by atoms with Crippen LogP contribution in [0.3, 0.4) is 0 Å². The van der Waals surface area contributed by atoms with E-state index in [1.165, 1.54) is 67.8 Å². The van der Waals surface area contributed by atoms with Gasteiger partial charge in [-0.25, -0.2) is 0 Å². The van der Waals surface area contributed by atoms with E-state index in [2.05, 4.69) is 39.5 Å². The summed E-state index contributed by atoms with van der Waals surface area (Å²) in [6, 6.07) is 0. The third-order valence-electron chi connectivity index (χ3n) is 6.68. The monoisotopic (exact) mass is 485 g/mol. The van der Waals surface area contributed by atoms with Crippen molar-refractivity contribution < 1.29 is 4.79 Å². The molecule has 1 amide bonds. The second kappa shape index (κ2) is 14.1. The van der Waals surface area contributed by atoms with E-state index in [9.17, 15) is 4.79 Å². The number of likely N-dealkylation sites (tertiary alicyclic amines) is 1. The van der Waals surface area contributed by atoms with E-state index in [0.29, 0.717) is 12.3 Å². The van der Waals surface area contributed by atoms with E-state index in [1.54, 1.807) is 18.9 Å². The Bertz CT molecular complexity index is 430. The molecular weight excluding hydrogens is 437 g/mol. The number of piperidine rings is 1. The quantitative estimate of drug-likeness (QED) is 0.195. The van der Waals surface area contributed by atoms with Gasteiger partial charge in [-0.2, -0.15) is 0 Å². The van der Waals surface area contributed by atoms with Crippen LogP contribution in [0.4, 0.5) is 0 Å². The molecule has 0 unspecified atom stereocenters. The molecule has 0 spiro atoms. The maximum atomic E-state index is 12.7. The molecule has 0 bridgehead atoms. The summed E-state index contributed by atoms with van der Waals surface area (Å²) in [7, 11) is 0. The van der Waals surface area contributed by atoms with Crippen LogP contribution in [0.2, 0.25) is 17.7 Å². The van der Waals surface area contributed by atoms with Gasteiger partial charge in [-0.3, -0.25) is 0 Å². The van der Waals surface area contributed by atoms with Crippen molar-refractivity contribution in [3.05, 3.63) is 11.1 Å². The van der Waals surface area contributed by atoms with E-state index in [-0.39, 0.29) is 0 Å². The van der Waals surface area contributed by atoms with E-state index in [0.717, 1.165) is 13.1 Å². The van der Waals surface area contributed by atoms with Crippen LogP contribution in [0, 0.1) is 0 Å². The standard InChI is InChI=1S/C12H20NO.3C4H9.Sn/c1-10(2)11(3)9-12(14)13-7-5-4-6-8-13;3*1-3-4-2;/h1,4-9H2,2-3H3;3*1,3-4H2,2H3;/b11-10+;;;;. The fourth-order valence-electron chi connectivity index (χ4n) is 4.64. The zero-order valence-corrected chi connectivity index (χ0v) is 22.0. The summed E-state index contributed by atoms with van der Waals surface area (Å²) in [6.07, 6.45) is 12.7. The second-order valence-electron chi connectivity index (χ2n) is 9.17. The average Bonchev–Trinajstić information content (AvgIpc) is 2.69. The normalized spacial score (nSPS) is 16.4. The first kappa shape index (κ1) is 25.0. The van der Waals surface area contributed by atoms with Gasteiger partial charge in [-0.15, -0.1) is 0 Å². The van der Waals surface area contributed by atoms with Crippen LogP contribution in [0.5, 0.6) is 0 Å². The van der Waals surface area contributed by atoms with Crippen molar-refractivity contribution in [2.75, 3.05) is 13.1 Å². The molecule has 0 saturated carbocycles. The third kappa shape index (κ3) is 9.37. The molecule has 1 fully saturated rings. The van der Waals surface area contributed by atoms with Crippen molar-refractivity contribution in [1.29, 1.82) is 0 Å². The van der Waals surface area contributed by atoms with E-state index >= 15 is 0 Å². The summed E-state index contributed by atoms with van der Waals surface area (Å²) >= 11 is -2.14. The molecule has 1 aliphatic heterocycles. The molecule has 0 atom stereocenters. The number of carbonyl (C=O) groups is 1. The summed E-state index contributed by atoms with van der Waals surface area (Å²) < 4.78 is 6.11. The SMILES string of the molecule is CCC[CH2][Sn]([CH2]CCC)([CH2]CCC)[CH2]/C(C)=C(/C)CC(=O)N1CCCCC1. The van der Waals surface area contributed by atoms with Gasteiger partial charge in [-0.05, 0) is 0 Å². The van der Waals surface area contributed by atoms with Crippen LogP contribution in [0.25, 0.3) is 0 Å². The number of rotatable bonds is 13. The van der Waals surface area contributed by atoms with Gasteiger partial charge in [-0.1, -0.05) is 0 Å². The second-order valence-corrected chi connectivity index (χ2v) is 23.0. The van der Waals surface area contributed by atoms with Crippen LogP contribution < -0.4 is 0 Å². The molecule has 0 aromatic carbocycles. The van der Waals surface area contributed by atoms with E-state index in [1.807, 2.05) is 0 Å². The Hall–Kier alpha value is 0.00870. The minimum atomic E-state index is -2.14.